The summed E-state index contributed by atoms with van der Waals surface area (Å²) in [7, 11) is 0. The average Bonchev–Trinajstić information content (AvgIpc) is 2.05. The van der Waals surface area contributed by atoms with Crippen LogP contribution >= 0.6 is 50.9 Å². The minimum Gasteiger partial charge on any atom is -0.256 e. The van der Waals surface area contributed by atoms with Gasteiger partial charge >= 0.3 is 0 Å². The first-order chi connectivity index (χ1) is 4.97. The zero-order valence-corrected chi connectivity index (χ0v) is 11.9. The molecule has 0 amide bonds. The normalized spacial score (nSPS) is 7.69. The SMILES string of the molecule is Br.Br.Br.c1ccc2ncccc2c1. The van der Waals surface area contributed by atoms with E-state index in [1.807, 2.05) is 30.5 Å². The number of nitrogens with zero attached hydrogens (tertiary/aromatic N) is 1. The van der Waals surface area contributed by atoms with Gasteiger partial charge in [0.1, 0.15) is 0 Å². The largest absolute Gasteiger partial charge is 0.256 e. The van der Waals surface area contributed by atoms with E-state index >= 15 is 0 Å². The van der Waals surface area contributed by atoms with Crippen LogP contribution in [0.4, 0.5) is 0 Å². The number of pyridine rings is 1. The fourth-order valence-electron chi connectivity index (χ4n) is 1.02. The van der Waals surface area contributed by atoms with E-state index in [2.05, 4.69) is 17.1 Å². The Labute approximate surface area is 109 Å². The molecule has 0 radical (unpaired) electrons. The molecule has 0 atom stereocenters. The standard InChI is InChI=1S/C9H7N.3BrH/c1-2-6-9-8(4-1)5-3-7-10-9;;;/h1-7H;3*1H. The number of halogens is 3. The van der Waals surface area contributed by atoms with Crippen molar-refractivity contribution in [3.63, 3.8) is 0 Å². The fourth-order valence-corrected chi connectivity index (χ4v) is 1.02. The molecule has 0 N–H and O–H groups in total. The summed E-state index contributed by atoms with van der Waals surface area (Å²) >= 11 is 0. The Morgan fingerprint density at radius 2 is 1.38 bits per heavy atom. The summed E-state index contributed by atoms with van der Waals surface area (Å²) in [4.78, 5) is 4.18. The van der Waals surface area contributed by atoms with Crippen molar-refractivity contribution in [1.82, 2.24) is 4.98 Å². The zero-order chi connectivity index (χ0) is 6.81. The Balaban J connectivity index is 0. The molecule has 13 heavy (non-hydrogen) atoms. The van der Waals surface area contributed by atoms with Crippen molar-refractivity contribution in [2.45, 2.75) is 0 Å². The lowest BCUT2D eigenvalue weighted by Gasteiger charge is -1.91. The van der Waals surface area contributed by atoms with E-state index in [1.165, 1.54) is 5.39 Å². The zero-order valence-electron chi connectivity index (χ0n) is 6.71. The summed E-state index contributed by atoms with van der Waals surface area (Å²) in [5.41, 5.74) is 1.06. The molecule has 1 nitrogen and oxygen atoms in total. The highest BCUT2D eigenvalue weighted by atomic mass is 79.9. The van der Waals surface area contributed by atoms with Gasteiger partial charge in [0.25, 0.3) is 0 Å². The van der Waals surface area contributed by atoms with Crippen LogP contribution in [-0.4, -0.2) is 4.98 Å². The molecule has 0 fully saturated rings. The molecule has 1 heterocycles. The first-order valence-corrected chi connectivity index (χ1v) is 3.26. The Kier molecular flexibility index (Phi) is 8.93. The van der Waals surface area contributed by atoms with Gasteiger partial charge in [-0.25, -0.2) is 0 Å². The number of fused-ring (bicyclic) bond motifs is 1. The van der Waals surface area contributed by atoms with Gasteiger partial charge in [0.15, 0.2) is 0 Å². The van der Waals surface area contributed by atoms with Crippen molar-refractivity contribution in [1.29, 1.82) is 0 Å². The predicted octanol–water partition coefficient (Wildman–Crippen LogP) is 3.97. The number of hydrogen-bond acceptors (Lipinski definition) is 1. The Bertz CT molecular complexity index is 286. The summed E-state index contributed by atoms with van der Waals surface area (Å²) in [6, 6.07) is 12.1. The van der Waals surface area contributed by atoms with Crippen LogP contribution in [0.5, 0.6) is 0 Å². The quantitative estimate of drug-likeness (QED) is 0.683. The van der Waals surface area contributed by atoms with Crippen LogP contribution in [0, 0.1) is 0 Å². The maximum absolute atomic E-state index is 4.18. The van der Waals surface area contributed by atoms with Gasteiger partial charge in [-0.05, 0) is 12.1 Å². The monoisotopic (exact) mass is 369 g/mol. The highest BCUT2D eigenvalue weighted by Gasteiger charge is 1.86. The van der Waals surface area contributed by atoms with Gasteiger partial charge in [-0.2, -0.15) is 0 Å². The first-order valence-electron chi connectivity index (χ1n) is 3.26. The summed E-state index contributed by atoms with van der Waals surface area (Å²) < 4.78 is 0. The summed E-state index contributed by atoms with van der Waals surface area (Å²) in [6.07, 6.45) is 1.81. The number of para-hydroxylation sites is 1. The second kappa shape index (κ2) is 7.47. The van der Waals surface area contributed by atoms with Crippen molar-refractivity contribution in [2.75, 3.05) is 0 Å². The molecule has 0 aliphatic carbocycles. The summed E-state index contributed by atoms with van der Waals surface area (Å²) in [5.74, 6) is 0. The fraction of sp³-hybridized carbons (Fsp3) is 0. The molecule has 0 spiro atoms. The summed E-state index contributed by atoms with van der Waals surface area (Å²) in [6.45, 7) is 0. The molecule has 1 aromatic heterocycles. The second-order valence-electron chi connectivity index (χ2n) is 2.20. The van der Waals surface area contributed by atoms with E-state index in [0.717, 1.165) is 5.52 Å². The molecule has 0 aliphatic heterocycles. The number of rotatable bonds is 0. The van der Waals surface area contributed by atoms with Crippen LogP contribution in [0.3, 0.4) is 0 Å². The molecule has 4 heteroatoms. The van der Waals surface area contributed by atoms with Gasteiger partial charge in [0.2, 0.25) is 0 Å². The highest BCUT2D eigenvalue weighted by Crippen LogP contribution is 2.07. The van der Waals surface area contributed by atoms with Crippen molar-refractivity contribution >= 4 is 61.8 Å². The molecular formula is C9H10Br3N. The van der Waals surface area contributed by atoms with E-state index in [0.29, 0.717) is 0 Å². The van der Waals surface area contributed by atoms with E-state index in [4.69, 9.17) is 0 Å². The lowest BCUT2D eigenvalue weighted by molar-refractivity contribution is 1.41. The van der Waals surface area contributed by atoms with Gasteiger partial charge in [0.05, 0.1) is 5.52 Å². The first kappa shape index (κ1) is 15.5. The molecule has 0 saturated carbocycles. The number of aromatic nitrogens is 1. The Morgan fingerprint density at radius 1 is 0.769 bits per heavy atom. The van der Waals surface area contributed by atoms with Crippen molar-refractivity contribution < 1.29 is 0 Å². The van der Waals surface area contributed by atoms with Crippen molar-refractivity contribution in [2.24, 2.45) is 0 Å². The topological polar surface area (TPSA) is 12.9 Å². The smallest absolute Gasteiger partial charge is 0.0701 e. The second-order valence-corrected chi connectivity index (χ2v) is 2.20. The van der Waals surface area contributed by atoms with Crippen molar-refractivity contribution in [3.8, 4) is 0 Å². The van der Waals surface area contributed by atoms with E-state index < -0.39 is 0 Å². The third-order valence-corrected chi connectivity index (χ3v) is 1.51. The third kappa shape index (κ3) is 3.75. The lowest BCUT2D eigenvalue weighted by atomic mass is 10.2. The van der Waals surface area contributed by atoms with Gasteiger partial charge in [-0.15, -0.1) is 50.9 Å². The molecular weight excluding hydrogens is 362 g/mol. The summed E-state index contributed by atoms with van der Waals surface area (Å²) in [5, 5.41) is 1.20. The van der Waals surface area contributed by atoms with E-state index in [9.17, 15) is 0 Å². The maximum Gasteiger partial charge on any atom is 0.0701 e. The number of benzene rings is 1. The highest BCUT2D eigenvalue weighted by molar-refractivity contribution is 8.93. The van der Waals surface area contributed by atoms with E-state index in [-0.39, 0.29) is 50.9 Å². The van der Waals surface area contributed by atoms with Crippen LogP contribution in [-0.2, 0) is 0 Å². The molecule has 0 unspecified atom stereocenters. The molecule has 2 rings (SSSR count). The third-order valence-electron chi connectivity index (χ3n) is 1.51. The molecule has 1 aromatic carbocycles. The average molecular weight is 372 g/mol. The Hall–Kier alpha value is 0.0700. The van der Waals surface area contributed by atoms with Gasteiger partial charge < -0.3 is 0 Å². The van der Waals surface area contributed by atoms with Crippen LogP contribution < -0.4 is 0 Å². The lowest BCUT2D eigenvalue weighted by Crippen LogP contribution is -1.73. The molecule has 0 aliphatic rings. The van der Waals surface area contributed by atoms with Crippen LogP contribution in [0.1, 0.15) is 0 Å². The van der Waals surface area contributed by atoms with Crippen molar-refractivity contribution in [3.05, 3.63) is 42.6 Å². The number of hydrogen-bond donors (Lipinski definition) is 0. The molecule has 0 bridgehead atoms. The minimum atomic E-state index is 0. The van der Waals surface area contributed by atoms with Crippen LogP contribution in [0.2, 0.25) is 0 Å². The van der Waals surface area contributed by atoms with Gasteiger partial charge in [-0.1, -0.05) is 24.3 Å². The molecule has 0 saturated heterocycles. The van der Waals surface area contributed by atoms with Gasteiger partial charge in [0, 0.05) is 11.6 Å². The maximum atomic E-state index is 4.18. The van der Waals surface area contributed by atoms with Crippen LogP contribution in [0.15, 0.2) is 42.6 Å². The Morgan fingerprint density at radius 3 is 2.08 bits per heavy atom. The van der Waals surface area contributed by atoms with Gasteiger partial charge in [-0.3, -0.25) is 4.98 Å². The molecule has 2 aromatic rings. The predicted molar refractivity (Wildman–Crippen MR) is 72.7 cm³/mol. The molecule has 72 valence electrons. The minimum absolute atomic E-state index is 0. The van der Waals surface area contributed by atoms with Crippen LogP contribution in [0.25, 0.3) is 10.9 Å². The van der Waals surface area contributed by atoms with E-state index in [1.54, 1.807) is 0 Å².